The van der Waals surface area contributed by atoms with Crippen LogP contribution >= 0.6 is 0 Å². The first-order valence-corrected chi connectivity index (χ1v) is 14.8. The lowest BCUT2D eigenvalue weighted by atomic mass is 9.98. The number of amides is 1. The lowest BCUT2D eigenvalue weighted by Gasteiger charge is -2.23. The zero-order chi connectivity index (χ0) is 29.9. The minimum atomic E-state index is -0.393. The Hall–Kier alpha value is -4.34. The molecule has 0 radical (unpaired) electrons. The molecule has 42 heavy (non-hydrogen) atoms. The van der Waals surface area contributed by atoms with Crippen LogP contribution in [-0.4, -0.2) is 54.3 Å². The highest BCUT2D eigenvalue weighted by Gasteiger charge is 2.20. The third kappa shape index (κ3) is 7.90. The highest BCUT2D eigenvalue weighted by molar-refractivity contribution is 5.80. The number of nitrogens with zero attached hydrogens (tertiary/aromatic N) is 6. The summed E-state index contributed by atoms with van der Waals surface area (Å²) in [6.07, 6.45) is 5.64. The SMILES string of the molecule is CCCCc1ncc(CN(CCCC)C(=O)OCC(C)C)c(=O)n1Cc1ccc(-c2ccccc2-c2nnn[nH]2)cc1. The summed E-state index contributed by atoms with van der Waals surface area (Å²) in [6, 6.07) is 16.1. The molecular weight excluding hydrogens is 530 g/mol. The van der Waals surface area contributed by atoms with Gasteiger partial charge in [-0.25, -0.2) is 14.9 Å². The molecule has 0 saturated carbocycles. The first-order chi connectivity index (χ1) is 20.4. The zero-order valence-corrected chi connectivity index (χ0v) is 25.0. The molecule has 10 nitrogen and oxygen atoms in total. The largest absolute Gasteiger partial charge is 0.449 e. The number of aromatic amines is 1. The molecule has 0 aliphatic rings. The van der Waals surface area contributed by atoms with E-state index < -0.39 is 6.09 Å². The second-order valence-corrected chi connectivity index (χ2v) is 10.9. The molecule has 0 bridgehead atoms. The van der Waals surface area contributed by atoms with Crippen molar-refractivity contribution in [3.63, 3.8) is 0 Å². The molecule has 4 rings (SSSR count). The van der Waals surface area contributed by atoms with Gasteiger partial charge in [-0.1, -0.05) is 89.1 Å². The lowest BCUT2D eigenvalue weighted by Crippen LogP contribution is -2.37. The van der Waals surface area contributed by atoms with E-state index in [4.69, 9.17) is 9.72 Å². The van der Waals surface area contributed by atoms with Gasteiger partial charge in [-0.15, -0.1) is 5.10 Å². The highest BCUT2D eigenvalue weighted by Crippen LogP contribution is 2.29. The van der Waals surface area contributed by atoms with Gasteiger partial charge < -0.3 is 9.64 Å². The first kappa shape index (κ1) is 30.6. The Morgan fingerprint density at radius 2 is 1.76 bits per heavy atom. The Balaban J connectivity index is 1.61. The predicted octanol–water partition coefficient (Wildman–Crippen LogP) is 5.88. The molecule has 0 unspecified atom stereocenters. The predicted molar refractivity (Wildman–Crippen MR) is 163 cm³/mol. The normalized spacial score (nSPS) is 11.2. The summed E-state index contributed by atoms with van der Waals surface area (Å²) < 4.78 is 7.26. The summed E-state index contributed by atoms with van der Waals surface area (Å²) in [7, 11) is 0. The summed E-state index contributed by atoms with van der Waals surface area (Å²) in [5, 5.41) is 14.3. The van der Waals surface area contributed by atoms with Crippen molar-refractivity contribution in [3.8, 4) is 22.5 Å². The van der Waals surface area contributed by atoms with Crippen molar-refractivity contribution in [1.29, 1.82) is 0 Å². The van der Waals surface area contributed by atoms with E-state index in [0.29, 0.717) is 37.5 Å². The zero-order valence-electron chi connectivity index (χ0n) is 25.0. The van der Waals surface area contributed by atoms with E-state index in [0.717, 1.165) is 53.8 Å². The van der Waals surface area contributed by atoms with Crippen LogP contribution in [0.25, 0.3) is 22.5 Å². The quantitative estimate of drug-likeness (QED) is 0.201. The van der Waals surface area contributed by atoms with Gasteiger partial charge >= 0.3 is 6.09 Å². The lowest BCUT2D eigenvalue weighted by molar-refractivity contribution is 0.0889. The molecule has 2 aromatic heterocycles. The van der Waals surface area contributed by atoms with Crippen molar-refractivity contribution in [1.82, 2.24) is 35.1 Å². The standard InChI is InChI=1S/C32H41N7O3/c1-5-7-13-29-33-19-26(21-38(18-8-6-2)32(41)42-22-23(3)4)31(40)39(29)20-24-14-16-25(17-15-24)27-11-9-10-12-28(27)30-34-36-37-35-30/h9-12,14-17,19,23H,5-8,13,18,20-22H2,1-4H3,(H,34,35,36,37). The van der Waals surface area contributed by atoms with Gasteiger partial charge in [-0.05, 0) is 45.9 Å². The summed E-state index contributed by atoms with van der Waals surface area (Å²) >= 11 is 0. The Morgan fingerprint density at radius 3 is 2.43 bits per heavy atom. The van der Waals surface area contributed by atoms with Crippen molar-refractivity contribution in [3.05, 3.63) is 82.0 Å². The molecule has 1 amide bonds. The number of aryl methyl sites for hydroxylation is 1. The fourth-order valence-electron chi connectivity index (χ4n) is 4.68. The summed E-state index contributed by atoms with van der Waals surface area (Å²) in [6.45, 7) is 9.62. The maximum atomic E-state index is 13.8. The Kier molecular flexibility index (Phi) is 11.0. The topological polar surface area (TPSA) is 119 Å². The molecule has 0 aliphatic heterocycles. The Labute approximate surface area is 247 Å². The van der Waals surface area contributed by atoms with E-state index in [-0.39, 0.29) is 18.0 Å². The molecule has 10 heteroatoms. The molecule has 0 aliphatic carbocycles. The molecule has 0 spiro atoms. The number of aromatic nitrogens is 6. The minimum absolute atomic E-state index is 0.124. The number of tetrazole rings is 1. The molecule has 0 fully saturated rings. The number of nitrogens with one attached hydrogen (secondary N) is 1. The van der Waals surface area contributed by atoms with Gasteiger partial charge in [0.2, 0.25) is 0 Å². The van der Waals surface area contributed by atoms with E-state index in [9.17, 15) is 9.59 Å². The Bertz CT molecular complexity index is 1480. The van der Waals surface area contributed by atoms with Crippen molar-refractivity contribution in [2.75, 3.05) is 13.2 Å². The van der Waals surface area contributed by atoms with Gasteiger partial charge in [0.15, 0.2) is 5.82 Å². The van der Waals surface area contributed by atoms with Gasteiger partial charge in [0.05, 0.1) is 25.3 Å². The number of ether oxygens (including phenoxy) is 1. The average molecular weight is 572 g/mol. The number of hydrogen-bond acceptors (Lipinski definition) is 7. The maximum absolute atomic E-state index is 13.8. The van der Waals surface area contributed by atoms with Crippen molar-refractivity contribution in [2.45, 2.75) is 72.9 Å². The van der Waals surface area contributed by atoms with Crippen LogP contribution in [-0.2, 0) is 24.2 Å². The van der Waals surface area contributed by atoms with Crippen LogP contribution in [0.4, 0.5) is 4.79 Å². The number of unbranched alkanes of at least 4 members (excludes halogenated alkanes) is 2. The first-order valence-electron chi connectivity index (χ1n) is 14.8. The van der Waals surface area contributed by atoms with Crippen LogP contribution in [0.1, 0.15) is 70.3 Å². The van der Waals surface area contributed by atoms with E-state index in [1.807, 2.05) is 62.4 Å². The monoisotopic (exact) mass is 571 g/mol. The van der Waals surface area contributed by atoms with E-state index >= 15 is 0 Å². The number of H-pyrrole nitrogens is 1. The Morgan fingerprint density at radius 1 is 1.02 bits per heavy atom. The molecule has 222 valence electrons. The minimum Gasteiger partial charge on any atom is -0.449 e. The van der Waals surface area contributed by atoms with Crippen LogP contribution in [0.2, 0.25) is 0 Å². The van der Waals surface area contributed by atoms with Gasteiger partial charge in [0.1, 0.15) is 5.82 Å². The molecule has 0 atom stereocenters. The van der Waals surface area contributed by atoms with Crippen molar-refractivity contribution in [2.24, 2.45) is 5.92 Å². The smallest absolute Gasteiger partial charge is 0.410 e. The number of benzene rings is 2. The van der Waals surface area contributed by atoms with Crippen LogP contribution in [0.5, 0.6) is 0 Å². The maximum Gasteiger partial charge on any atom is 0.410 e. The number of hydrogen-bond donors (Lipinski definition) is 1. The highest BCUT2D eigenvalue weighted by atomic mass is 16.6. The van der Waals surface area contributed by atoms with Crippen LogP contribution in [0, 0.1) is 5.92 Å². The molecule has 1 N–H and O–H groups in total. The molecule has 4 aromatic rings. The van der Waals surface area contributed by atoms with E-state index in [2.05, 4.69) is 34.5 Å². The second-order valence-electron chi connectivity index (χ2n) is 10.9. The van der Waals surface area contributed by atoms with Crippen LogP contribution in [0.3, 0.4) is 0 Å². The van der Waals surface area contributed by atoms with Gasteiger partial charge in [0, 0.05) is 24.7 Å². The van der Waals surface area contributed by atoms with Crippen LogP contribution in [0.15, 0.2) is 59.5 Å². The number of carbonyl (C=O) groups is 1. The fourth-order valence-corrected chi connectivity index (χ4v) is 4.68. The third-order valence-electron chi connectivity index (χ3n) is 7.03. The molecule has 2 aromatic carbocycles. The van der Waals surface area contributed by atoms with Gasteiger partial charge in [-0.2, -0.15) is 0 Å². The summed E-state index contributed by atoms with van der Waals surface area (Å²) in [4.78, 5) is 33.0. The fraction of sp³-hybridized carbons (Fsp3) is 0.438. The van der Waals surface area contributed by atoms with Crippen molar-refractivity contribution < 1.29 is 9.53 Å². The van der Waals surface area contributed by atoms with Crippen LogP contribution < -0.4 is 5.56 Å². The van der Waals surface area contributed by atoms with Crippen molar-refractivity contribution >= 4 is 6.09 Å². The average Bonchev–Trinajstić information content (AvgIpc) is 3.55. The summed E-state index contributed by atoms with van der Waals surface area (Å²) in [5.41, 5.74) is 4.27. The summed E-state index contributed by atoms with van der Waals surface area (Å²) in [5.74, 6) is 1.59. The number of rotatable bonds is 14. The molecule has 0 saturated heterocycles. The van der Waals surface area contributed by atoms with E-state index in [1.54, 1.807) is 15.7 Å². The van der Waals surface area contributed by atoms with Gasteiger partial charge in [0.25, 0.3) is 5.56 Å². The molecule has 2 heterocycles. The van der Waals surface area contributed by atoms with Gasteiger partial charge in [-0.3, -0.25) is 9.36 Å². The number of carbonyl (C=O) groups excluding carboxylic acids is 1. The third-order valence-corrected chi connectivity index (χ3v) is 7.03. The van der Waals surface area contributed by atoms with E-state index in [1.165, 1.54) is 0 Å². The molecular formula is C32H41N7O3. The second kappa shape index (κ2) is 15.0.